The maximum absolute atomic E-state index is 12.9. The summed E-state index contributed by atoms with van der Waals surface area (Å²) in [5.41, 5.74) is -0.644. The van der Waals surface area contributed by atoms with Gasteiger partial charge in [-0.3, -0.25) is 4.79 Å². The molecule has 0 radical (unpaired) electrons. The van der Waals surface area contributed by atoms with Crippen LogP contribution in [0.15, 0.2) is 54.2 Å². The van der Waals surface area contributed by atoms with Crippen molar-refractivity contribution in [3.05, 3.63) is 75.4 Å². The van der Waals surface area contributed by atoms with Gasteiger partial charge in [0.25, 0.3) is 5.91 Å². The average Bonchev–Trinajstić information content (AvgIpc) is 2.61. The van der Waals surface area contributed by atoms with Gasteiger partial charge in [-0.05, 0) is 35.9 Å². The lowest BCUT2D eigenvalue weighted by Gasteiger charge is -2.11. The SMILES string of the molecule is N#C/C(=C/NCc1ccc(Cl)cc1)C(=O)Nc1ccc(Cl)c(C(F)(F)F)c1. The number of alkyl halides is 3. The number of rotatable bonds is 5. The van der Waals surface area contributed by atoms with E-state index in [4.69, 9.17) is 28.5 Å². The molecule has 140 valence electrons. The van der Waals surface area contributed by atoms with Crippen LogP contribution in [-0.2, 0) is 17.5 Å². The Kier molecular flexibility index (Phi) is 6.72. The first-order valence-corrected chi connectivity index (χ1v) is 8.22. The summed E-state index contributed by atoms with van der Waals surface area (Å²) in [4.78, 5) is 12.1. The van der Waals surface area contributed by atoms with Crippen LogP contribution < -0.4 is 10.6 Å². The first-order valence-electron chi connectivity index (χ1n) is 7.47. The fourth-order valence-electron chi connectivity index (χ4n) is 2.04. The molecule has 0 bridgehead atoms. The van der Waals surface area contributed by atoms with Gasteiger partial charge in [0.1, 0.15) is 11.6 Å². The van der Waals surface area contributed by atoms with Gasteiger partial charge in [-0.2, -0.15) is 18.4 Å². The minimum Gasteiger partial charge on any atom is -0.386 e. The number of nitrogens with one attached hydrogen (secondary N) is 2. The first-order chi connectivity index (χ1) is 12.7. The van der Waals surface area contributed by atoms with Gasteiger partial charge in [0.2, 0.25) is 0 Å². The van der Waals surface area contributed by atoms with Crippen LogP contribution in [0, 0.1) is 11.3 Å². The summed E-state index contributed by atoms with van der Waals surface area (Å²) in [5, 5.41) is 14.2. The van der Waals surface area contributed by atoms with Crippen LogP contribution in [0.4, 0.5) is 18.9 Å². The Morgan fingerprint density at radius 2 is 1.81 bits per heavy atom. The molecule has 27 heavy (non-hydrogen) atoms. The van der Waals surface area contributed by atoms with Crippen molar-refractivity contribution < 1.29 is 18.0 Å². The molecule has 2 aromatic carbocycles. The predicted octanol–water partition coefficient (Wildman–Crippen LogP) is 5.15. The summed E-state index contributed by atoms with van der Waals surface area (Å²) >= 11 is 11.3. The van der Waals surface area contributed by atoms with Crippen LogP contribution in [0.3, 0.4) is 0 Å². The Balaban J connectivity index is 2.06. The zero-order valence-electron chi connectivity index (χ0n) is 13.6. The average molecular weight is 414 g/mol. The fraction of sp³-hybridized carbons (Fsp3) is 0.111. The van der Waals surface area contributed by atoms with Crippen molar-refractivity contribution in [2.45, 2.75) is 12.7 Å². The van der Waals surface area contributed by atoms with Gasteiger partial charge in [0.05, 0.1) is 10.6 Å². The van der Waals surface area contributed by atoms with Crippen LogP contribution >= 0.6 is 23.2 Å². The highest BCUT2D eigenvalue weighted by Crippen LogP contribution is 2.36. The van der Waals surface area contributed by atoms with Gasteiger partial charge < -0.3 is 10.6 Å². The second-order valence-corrected chi connectivity index (χ2v) is 6.17. The van der Waals surface area contributed by atoms with Gasteiger partial charge in [0, 0.05) is 23.5 Å². The summed E-state index contributed by atoms with van der Waals surface area (Å²) in [7, 11) is 0. The molecule has 4 nitrogen and oxygen atoms in total. The highest BCUT2D eigenvalue weighted by atomic mass is 35.5. The van der Waals surface area contributed by atoms with E-state index in [1.807, 2.05) is 0 Å². The molecule has 0 fully saturated rings. The van der Waals surface area contributed by atoms with Crippen molar-refractivity contribution in [2.75, 3.05) is 5.32 Å². The topological polar surface area (TPSA) is 64.9 Å². The number of anilines is 1. The summed E-state index contributed by atoms with van der Waals surface area (Å²) in [6.07, 6.45) is -3.48. The Hall–Kier alpha value is -2.69. The van der Waals surface area contributed by atoms with Crippen LogP contribution in [0.2, 0.25) is 10.0 Å². The normalized spacial score (nSPS) is 11.6. The standard InChI is InChI=1S/C18H12Cl2F3N3O/c19-13-3-1-11(2-4-13)9-25-10-12(8-24)17(27)26-14-5-6-16(20)15(7-14)18(21,22)23/h1-7,10,25H,9H2,(H,26,27)/b12-10-. The van der Waals surface area contributed by atoms with Gasteiger partial charge in [0.15, 0.2) is 0 Å². The molecule has 0 atom stereocenters. The molecule has 0 aromatic heterocycles. The summed E-state index contributed by atoms with van der Waals surface area (Å²) in [6.45, 7) is 0.328. The van der Waals surface area contributed by atoms with Crippen molar-refractivity contribution >= 4 is 34.8 Å². The molecular weight excluding hydrogens is 402 g/mol. The first kappa shape index (κ1) is 20.6. The number of benzene rings is 2. The number of hydrogen-bond acceptors (Lipinski definition) is 3. The van der Waals surface area contributed by atoms with E-state index in [1.54, 1.807) is 30.3 Å². The van der Waals surface area contributed by atoms with Crippen molar-refractivity contribution in [1.29, 1.82) is 5.26 Å². The molecule has 0 aliphatic carbocycles. The number of nitrogens with zero attached hydrogens (tertiary/aromatic N) is 1. The van der Waals surface area contributed by atoms with E-state index in [0.29, 0.717) is 17.6 Å². The lowest BCUT2D eigenvalue weighted by molar-refractivity contribution is -0.137. The molecule has 0 aliphatic heterocycles. The molecule has 0 heterocycles. The highest BCUT2D eigenvalue weighted by molar-refractivity contribution is 6.31. The van der Waals surface area contributed by atoms with E-state index < -0.39 is 22.7 Å². The van der Waals surface area contributed by atoms with Crippen LogP contribution in [0.25, 0.3) is 0 Å². The van der Waals surface area contributed by atoms with E-state index in [2.05, 4.69) is 10.6 Å². The summed E-state index contributed by atoms with van der Waals surface area (Å²) < 4.78 is 38.6. The van der Waals surface area contributed by atoms with Crippen molar-refractivity contribution in [1.82, 2.24) is 5.32 Å². The molecule has 0 spiro atoms. The maximum atomic E-state index is 12.9. The molecule has 2 rings (SSSR count). The second kappa shape index (κ2) is 8.80. The summed E-state index contributed by atoms with van der Waals surface area (Å²) in [5.74, 6) is -0.850. The van der Waals surface area contributed by atoms with E-state index in [9.17, 15) is 18.0 Å². The Morgan fingerprint density at radius 3 is 2.41 bits per heavy atom. The number of carbonyl (C=O) groups is 1. The third-order valence-electron chi connectivity index (χ3n) is 3.36. The second-order valence-electron chi connectivity index (χ2n) is 5.32. The van der Waals surface area contributed by atoms with Crippen LogP contribution in [0.1, 0.15) is 11.1 Å². The number of amides is 1. The maximum Gasteiger partial charge on any atom is 0.417 e. The summed E-state index contributed by atoms with van der Waals surface area (Å²) in [6, 6.07) is 11.5. The Bertz CT molecular complexity index is 904. The van der Waals surface area contributed by atoms with Gasteiger partial charge >= 0.3 is 6.18 Å². The van der Waals surface area contributed by atoms with E-state index >= 15 is 0 Å². The van der Waals surface area contributed by atoms with E-state index in [-0.39, 0.29) is 11.3 Å². The lowest BCUT2D eigenvalue weighted by Crippen LogP contribution is -2.17. The third-order valence-corrected chi connectivity index (χ3v) is 3.94. The van der Waals surface area contributed by atoms with Crippen molar-refractivity contribution in [2.24, 2.45) is 0 Å². The number of halogens is 5. The predicted molar refractivity (Wildman–Crippen MR) is 97.1 cm³/mol. The molecule has 0 saturated heterocycles. The molecule has 0 aliphatic rings. The van der Waals surface area contributed by atoms with Crippen LogP contribution in [-0.4, -0.2) is 5.91 Å². The molecule has 1 amide bonds. The van der Waals surface area contributed by atoms with Gasteiger partial charge in [-0.25, -0.2) is 0 Å². The number of carbonyl (C=O) groups excluding carboxylic acids is 1. The van der Waals surface area contributed by atoms with Crippen molar-refractivity contribution in [3.63, 3.8) is 0 Å². The van der Waals surface area contributed by atoms with Crippen LogP contribution in [0.5, 0.6) is 0 Å². The quantitative estimate of drug-likeness (QED) is 0.526. The van der Waals surface area contributed by atoms with Crippen molar-refractivity contribution in [3.8, 4) is 6.07 Å². The Labute approximate surface area is 163 Å². The third kappa shape index (κ3) is 5.91. The zero-order chi connectivity index (χ0) is 20.0. The van der Waals surface area contributed by atoms with Gasteiger partial charge in [-0.15, -0.1) is 0 Å². The smallest absolute Gasteiger partial charge is 0.386 e. The largest absolute Gasteiger partial charge is 0.417 e. The molecule has 9 heteroatoms. The molecular formula is C18H12Cl2F3N3O. The highest BCUT2D eigenvalue weighted by Gasteiger charge is 2.33. The lowest BCUT2D eigenvalue weighted by atomic mass is 10.2. The monoisotopic (exact) mass is 413 g/mol. The molecule has 2 N–H and O–H groups in total. The zero-order valence-corrected chi connectivity index (χ0v) is 15.1. The molecule has 0 saturated carbocycles. The molecule has 0 unspecified atom stereocenters. The van der Waals surface area contributed by atoms with E-state index in [0.717, 1.165) is 11.6 Å². The minimum atomic E-state index is -4.66. The minimum absolute atomic E-state index is 0.129. The molecule has 2 aromatic rings. The van der Waals surface area contributed by atoms with Gasteiger partial charge in [-0.1, -0.05) is 35.3 Å². The Morgan fingerprint density at radius 1 is 1.15 bits per heavy atom. The fourth-order valence-corrected chi connectivity index (χ4v) is 2.39. The number of nitriles is 1. The van der Waals surface area contributed by atoms with E-state index in [1.165, 1.54) is 12.3 Å². The number of hydrogen-bond donors (Lipinski definition) is 2.